The Hall–Kier alpha value is -1.68. The first kappa shape index (κ1) is 12.8. The van der Waals surface area contributed by atoms with Crippen molar-refractivity contribution in [1.29, 1.82) is 0 Å². The van der Waals surface area contributed by atoms with Crippen molar-refractivity contribution in [3.8, 4) is 0 Å². The summed E-state index contributed by atoms with van der Waals surface area (Å²) in [5, 5.41) is 4.66. The average molecular weight is 263 g/mol. The molecule has 1 aromatic heterocycles. The second-order valence-corrected chi connectivity index (χ2v) is 5.33. The molecule has 1 N–H and O–H groups in total. The van der Waals surface area contributed by atoms with Crippen molar-refractivity contribution < 1.29 is 9.18 Å². The van der Waals surface area contributed by atoms with Gasteiger partial charge in [0, 0.05) is 15.9 Å². The lowest BCUT2D eigenvalue weighted by Crippen LogP contribution is -2.13. The summed E-state index contributed by atoms with van der Waals surface area (Å²) in [5.74, 6) is -0.445. The fraction of sp³-hybridized carbons (Fsp3) is 0.214. The Kier molecular flexibility index (Phi) is 3.48. The lowest BCUT2D eigenvalue weighted by atomic mass is 10.1. The highest BCUT2D eigenvalue weighted by Gasteiger charge is 2.13. The zero-order valence-electron chi connectivity index (χ0n) is 10.5. The molecule has 0 spiro atoms. The fourth-order valence-electron chi connectivity index (χ4n) is 1.69. The van der Waals surface area contributed by atoms with Gasteiger partial charge in [-0.25, -0.2) is 4.39 Å². The van der Waals surface area contributed by atoms with Crippen LogP contribution in [0.4, 0.5) is 10.1 Å². The third kappa shape index (κ3) is 2.43. The number of hydrogen-bond acceptors (Lipinski definition) is 2. The summed E-state index contributed by atoms with van der Waals surface area (Å²) in [6.45, 7) is 5.68. The van der Waals surface area contributed by atoms with Crippen LogP contribution in [0.2, 0.25) is 0 Å². The Balaban J connectivity index is 2.24. The molecule has 0 unspecified atom stereocenters. The molecule has 1 amide bonds. The molecule has 0 saturated carbocycles. The van der Waals surface area contributed by atoms with Gasteiger partial charge in [-0.15, -0.1) is 11.3 Å². The molecular weight excluding hydrogens is 249 g/mol. The number of anilines is 1. The first-order valence-electron chi connectivity index (χ1n) is 5.61. The molecule has 0 bridgehead atoms. The van der Waals surface area contributed by atoms with Gasteiger partial charge >= 0.3 is 0 Å². The monoisotopic (exact) mass is 263 g/mol. The predicted molar refractivity (Wildman–Crippen MR) is 72.9 cm³/mol. The molecule has 1 aromatic carbocycles. The van der Waals surface area contributed by atoms with Crippen LogP contribution >= 0.6 is 11.3 Å². The van der Waals surface area contributed by atoms with Crippen molar-refractivity contribution in [3.63, 3.8) is 0 Å². The van der Waals surface area contributed by atoms with Gasteiger partial charge in [0.15, 0.2) is 0 Å². The smallest absolute Gasteiger partial charge is 0.256 e. The molecule has 0 saturated heterocycles. The third-order valence-electron chi connectivity index (χ3n) is 2.97. The average Bonchev–Trinajstić information content (AvgIpc) is 2.64. The van der Waals surface area contributed by atoms with Gasteiger partial charge in [0.05, 0.1) is 5.56 Å². The maximum Gasteiger partial charge on any atom is 0.256 e. The van der Waals surface area contributed by atoms with Crippen LogP contribution in [0.3, 0.4) is 0 Å². The molecule has 2 aromatic rings. The van der Waals surface area contributed by atoms with E-state index in [9.17, 15) is 9.18 Å². The van der Waals surface area contributed by atoms with Crippen LogP contribution in [-0.2, 0) is 0 Å². The van der Waals surface area contributed by atoms with E-state index in [2.05, 4.69) is 5.32 Å². The van der Waals surface area contributed by atoms with E-state index in [1.54, 1.807) is 24.3 Å². The Labute approximate surface area is 109 Å². The Morgan fingerprint density at radius 1 is 1.28 bits per heavy atom. The van der Waals surface area contributed by atoms with Gasteiger partial charge in [-0.2, -0.15) is 0 Å². The summed E-state index contributed by atoms with van der Waals surface area (Å²) < 4.78 is 13.0. The third-order valence-corrected chi connectivity index (χ3v) is 3.98. The van der Waals surface area contributed by atoms with Crippen LogP contribution in [-0.4, -0.2) is 5.91 Å². The second-order valence-electron chi connectivity index (χ2n) is 4.24. The van der Waals surface area contributed by atoms with E-state index in [1.807, 2.05) is 19.2 Å². The number of benzene rings is 1. The van der Waals surface area contributed by atoms with Crippen LogP contribution in [0.5, 0.6) is 0 Å². The van der Waals surface area contributed by atoms with Crippen molar-refractivity contribution in [3.05, 3.63) is 51.0 Å². The minimum Gasteiger partial charge on any atom is -0.322 e. The van der Waals surface area contributed by atoms with Crippen LogP contribution in [0, 0.1) is 26.6 Å². The molecule has 0 aliphatic carbocycles. The largest absolute Gasteiger partial charge is 0.322 e. The highest BCUT2D eigenvalue weighted by Crippen LogP contribution is 2.23. The fourth-order valence-corrected chi connectivity index (χ4v) is 2.56. The summed E-state index contributed by atoms with van der Waals surface area (Å²) >= 11 is 1.56. The maximum atomic E-state index is 13.0. The van der Waals surface area contributed by atoms with Crippen molar-refractivity contribution >= 4 is 22.9 Å². The Morgan fingerprint density at radius 2 is 2.00 bits per heavy atom. The molecular formula is C14H14FNOS. The maximum absolute atomic E-state index is 13.0. The van der Waals surface area contributed by atoms with Gasteiger partial charge < -0.3 is 5.32 Å². The van der Waals surface area contributed by atoms with E-state index < -0.39 is 0 Å². The van der Waals surface area contributed by atoms with Crippen molar-refractivity contribution in [1.82, 2.24) is 0 Å². The summed E-state index contributed by atoms with van der Waals surface area (Å²) in [4.78, 5) is 13.2. The summed E-state index contributed by atoms with van der Waals surface area (Å²) in [7, 11) is 0. The molecule has 0 atom stereocenters. The molecule has 2 nitrogen and oxygen atoms in total. The van der Waals surface area contributed by atoms with Gasteiger partial charge in [0.25, 0.3) is 5.91 Å². The van der Waals surface area contributed by atoms with E-state index in [0.29, 0.717) is 16.8 Å². The molecule has 18 heavy (non-hydrogen) atoms. The summed E-state index contributed by atoms with van der Waals surface area (Å²) in [6, 6.07) is 4.33. The number of carbonyl (C=O) groups is 1. The molecule has 4 heteroatoms. The zero-order valence-corrected chi connectivity index (χ0v) is 11.3. The van der Waals surface area contributed by atoms with Crippen LogP contribution < -0.4 is 5.32 Å². The molecule has 0 aliphatic rings. The first-order valence-corrected chi connectivity index (χ1v) is 6.49. The highest BCUT2D eigenvalue weighted by atomic mass is 32.1. The summed E-state index contributed by atoms with van der Waals surface area (Å²) in [5.41, 5.74) is 3.04. The number of rotatable bonds is 2. The number of carbonyl (C=O) groups excluding carboxylic acids is 1. The van der Waals surface area contributed by atoms with E-state index >= 15 is 0 Å². The van der Waals surface area contributed by atoms with E-state index in [-0.39, 0.29) is 11.7 Å². The normalized spacial score (nSPS) is 10.4. The molecule has 2 rings (SSSR count). The van der Waals surface area contributed by atoms with Gasteiger partial charge in [-0.05, 0) is 50.1 Å². The minimum atomic E-state index is -0.298. The number of amides is 1. The van der Waals surface area contributed by atoms with Crippen LogP contribution in [0.25, 0.3) is 0 Å². The predicted octanol–water partition coefficient (Wildman–Crippen LogP) is 4.06. The van der Waals surface area contributed by atoms with Crippen molar-refractivity contribution in [2.75, 3.05) is 5.32 Å². The standard InChI is InChI=1S/C14H14FNOS/c1-8-6-11(15)4-5-13(8)16-14(17)12-7-18-10(3)9(12)2/h4-7H,1-3H3,(H,16,17). The number of hydrogen-bond donors (Lipinski definition) is 1. The number of thiophene rings is 1. The SMILES string of the molecule is Cc1cc(F)ccc1NC(=O)c1csc(C)c1C. The Bertz CT molecular complexity index is 604. The lowest BCUT2D eigenvalue weighted by Gasteiger charge is -2.08. The lowest BCUT2D eigenvalue weighted by molar-refractivity contribution is 0.102. The van der Waals surface area contributed by atoms with Gasteiger partial charge in [0.1, 0.15) is 5.82 Å². The van der Waals surface area contributed by atoms with Gasteiger partial charge in [0.2, 0.25) is 0 Å². The first-order chi connectivity index (χ1) is 8.49. The summed E-state index contributed by atoms with van der Waals surface area (Å²) in [6.07, 6.45) is 0. The number of nitrogens with one attached hydrogen (secondary N) is 1. The molecule has 0 radical (unpaired) electrons. The number of aryl methyl sites for hydroxylation is 2. The van der Waals surface area contributed by atoms with E-state index in [0.717, 1.165) is 10.4 Å². The Morgan fingerprint density at radius 3 is 2.56 bits per heavy atom. The second kappa shape index (κ2) is 4.90. The molecule has 0 fully saturated rings. The van der Waals surface area contributed by atoms with Crippen molar-refractivity contribution in [2.45, 2.75) is 20.8 Å². The highest BCUT2D eigenvalue weighted by molar-refractivity contribution is 7.10. The van der Waals surface area contributed by atoms with E-state index in [1.165, 1.54) is 12.1 Å². The molecule has 1 heterocycles. The van der Waals surface area contributed by atoms with Crippen molar-refractivity contribution in [2.24, 2.45) is 0 Å². The van der Waals surface area contributed by atoms with Gasteiger partial charge in [-0.3, -0.25) is 4.79 Å². The topological polar surface area (TPSA) is 29.1 Å². The molecule has 0 aliphatic heterocycles. The quantitative estimate of drug-likeness (QED) is 0.869. The zero-order chi connectivity index (χ0) is 13.3. The van der Waals surface area contributed by atoms with E-state index in [4.69, 9.17) is 0 Å². The molecule has 94 valence electrons. The van der Waals surface area contributed by atoms with Crippen LogP contribution in [0.15, 0.2) is 23.6 Å². The van der Waals surface area contributed by atoms with Crippen LogP contribution in [0.1, 0.15) is 26.4 Å². The van der Waals surface area contributed by atoms with Gasteiger partial charge in [-0.1, -0.05) is 0 Å². The minimum absolute atomic E-state index is 0.147. The number of halogens is 1.